The van der Waals surface area contributed by atoms with Gasteiger partial charge in [0.2, 0.25) is 5.44 Å². The maximum Gasteiger partial charge on any atom is 0.250 e. The minimum Gasteiger partial charge on any atom is -0.609 e. The fourth-order valence-corrected chi connectivity index (χ4v) is 4.97. The van der Waals surface area contributed by atoms with Crippen LogP contribution in [-0.2, 0) is 15.9 Å². The van der Waals surface area contributed by atoms with Gasteiger partial charge in [-0.1, -0.05) is 16.8 Å². The zero-order chi connectivity index (χ0) is 23.9. The maximum absolute atomic E-state index is 13.6. The van der Waals surface area contributed by atoms with Crippen LogP contribution >= 0.6 is 11.6 Å². The normalized spacial score (nSPS) is 26.4. The Morgan fingerprint density at radius 2 is 1.73 bits per heavy atom. The number of halogens is 4. The van der Waals surface area contributed by atoms with Gasteiger partial charge in [-0.15, -0.1) is 5.10 Å². The second-order valence-electron chi connectivity index (χ2n) is 7.29. The second kappa shape index (κ2) is 9.58. The van der Waals surface area contributed by atoms with Crippen molar-refractivity contribution in [3.05, 3.63) is 65.1 Å². The van der Waals surface area contributed by atoms with Gasteiger partial charge in [-0.3, -0.25) is 0 Å². The highest BCUT2D eigenvalue weighted by molar-refractivity contribution is 7.92. The van der Waals surface area contributed by atoms with E-state index in [1.54, 1.807) is 0 Å². The molecule has 1 aliphatic heterocycles. The van der Waals surface area contributed by atoms with Gasteiger partial charge in [0, 0.05) is 21.8 Å². The highest BCUT2D eigenvalue weighted by Crippen LogP contribution is 2.35. The van der Waals surface area contributed by atoms with Crippen molar-refractivity contribution in [3.63, 3.8) is 0 Å². The molecule has 0 radical (unpaired) electrons. The first kappa shape index (κ1) is 24.0. The molecular weight excluding hydrogens is 487 g/mol. The minimum absolute atomic E-state index is 0.0744. The average molecular weight is 504 g/mol. The van der Waals surface area contributed by atoms with Crippen molar-refractivity contribution < 1.29 is 37.8 Å². The average Bonchev–Trinajstić information content (AvgIpc) is 3.27. The highest BCUT2D eigenvalue weighted by atomic mass is 35.5. The molecular formula is C20H17ClF3N3O5S. The smallest absolute Gasteiger partial charge is 0.250 e. The number of hydrogen-bond acceptors (Lipinski definition) is 7. The number of aliphatic hydroxyl groups is 3. The standard InChI is InChI=1S/C20H17ClF3N3O5S/c21-10-1-3-11(4-2-10)33(31)20-19(30)17(18(29)15(8-28)32-20)27-7-14(25-26-27)9-5-12(22)16(24)13(23)6-9/h1-7,15,17-20,28-30H,8H2/t15?,17?,18?,19-,20?,33?/m0/s1. The molecule has 5 unspecified atom stereocenters. The Balaban J connectivity index is 1.66. The van der Waals surface area contributed by atoms with Gasteiger partial charge >= 0.3 is 0 Å². The summed E-state index contributed by atoms with van der Waals surface area (Å²) in [6.45, 7) is -0.658. The van der Waals surface area contributed by atoms with Crippen LogP contribution in [0.5, 0.6) is 0 Å². The van der Waals surface area contributed by atoms with Crippen molar-refractivity contribution >= 4 is 22.8 Å². The molecule has 33 heavy (non-hydrogen) atoms. The molecule has 4 rings (SSSR count). The Kier molecular flexibility index (Phi) is 6.96. The van der Waals surface area contributed by atoms with Gasteiger partial charge in [-0.25, -0.2) is 17.9 Å². The molecule has 13 heteroatoms. The van der Waals surface area contributed by atoms with E-state index < -0.39 is 65.0 Å². The fourth-order valence-electron chi connectivity index (χ4n) is 3.52. The predicted molar refractivity (Wildman–Crippen MR) is 110 cm³/mol. The van der Waals surface area contributed by atoms with Crippen molar-refractivity contribution in [1.29, 1.82) is 0 Å². The molecule has 0 bridgehead atoms. The van der Waals surface area contributed by atoms with E-state index in [1.807, 2.05) is 0 Å². The molecule has 8 nitrogen and oxygen atoms in total. The SMILES string of the molecule is [O-][S+](c1ccc(Cl)cc1)C1OC(CO)C(O)C(n2cc(-c3cc(F)c(F)c(F)c3)nn2)[C@@H]1O. The lowest BCUT2D eigenvalue weighted by Gasteiger charge is -2.41. The molecule has 1 fully saturated rings. The van der Waals surface area contributed by atoms with E-state index >= 15 is 0 Å². The van der Waals surface area contributed by atoms with Crippen LogP contribution in [0.4, 0.5) is 13.2 Å². The largest absolute Gasteiger partial charge is 0.609 e. The zero-order valence-electron chi connectivity index (χ0n) is 16.6. The van der Waals surface area contributed by atoms with Gasteiger partial charge in [-0.05, 0) is 36.4 Å². The number of ether oxygens (including phenoxy) is 1. The monoisotopic (exact) mass is 503 g/mol. The molecule has 6 atom stereocenters. The van der Waals surface area contributed by atoms with Crippen LogP contribution in [0, 0.1) is 17.5 Å². The molecule has 2 heterocycles. The van der Waals surface area contributed by atoms with Crippen molar-refractivity contribution in [3.8, 4) is 11.3 Å². The van der Waals surface area contributed by atoms with E-state index in [1.165, 1.54) is 30.5 Å². The summed E-state index contributed by atoms with van der Waals surface area (Å²) in [5.41, 5.74) is -1.58. The Bertz CT molecular complexity index is 1120. The quantitative estimate of drug-likeness (QED) is 0.358. The third kappa shape index (κ3) is 4.60. The van der Waals surface area contributed by atoms with Crippen molar-refractivity contribution in [2.45, 2.75) is 34.7 Å². The molecule has 176 valence electrons. The molecule has 0 amide bonds. The third-order valence-electron chi connectivity index (χ3n) is 5.20. The molecule has 1 aliphatic rings. The first-order valence-electron chi connectivity index (χ1n) is 9.56. The van der Waals surface area contributed by atoms with Gasteiger partial charge in [-0.2, -0.15) is 0 Å². The Morgan fingerprint density at radius 1 is 1.09 bits per heavy atom. The molecule has 0 aliphatic carbocycles. The summed E-state index contributed by atoms with van der Waals surface area (Å²) < 4.78 is 60.0. The number of aromatic nitrogens is 3. The van der Waals surface area contributed by atoms with Crippen LogP contribution in [0.3, 0.4) is 0 Å². The fraction of sp³-hybridized carbons (Fsp3) is 0.300. The van der Waals surface area contributed by atoms with Gasteiger partial charge in [0.1, 0.15) is 23.9 Å². The Labute approximate surface area is 193 Å². The van der Waals surface area contributed by atoms with E-state index in [2.05, 4.69) is 10.3 Å². The van der Waals surface area contributed by atoms with Crippen LogP contribution in [0.2, 0.25) is 5.02 Å². The van der Waals surface area contributed by atoms with Crippen LogP contribution in [0.25, 0.3) is 11.3 Å². The summed E-state index contributed by atoms with van der Waals surface area (Å²) in [6, 6.07) is 6.13. The van der Waals surface area contributed by atoms with E-state index in [9.17, 15) is 33.0 Å². The van der Waals surface area contributed by atoms with Crippen LogP contribution in [0.1, 0.15) is 6.04 Å². The van der Waals surface area contributed by atoms with Gasteiger partial charge in [0.25, 0.3) is 0 Å². The lowest BCUT2D eigenvalue weighted by Crippen LogP contribution is -2.58. The first-order valence-corrected chi connectivity index (χ1v) is 11.2. The second-order valence-corrected chi connectivity index (χ2v) is 9.25. The lowest BCUT2D eigenvalue weighted by molar-refractivity contribution is -0.180. The number of aliphatic hydroxyl groups excluding tert-OH is 3. The van der Waals surface area contributed by atoms with Crippen LogP contribution < -0.4 is 0 Å². The predicted octanol–water partition coefficient (Wildman–Crippen LogP) is 1.80. The van der Waals surface area contributed by atoms with E-state index in [0.717, 1.165) is 16.8 Å². The third-order valence-corrected chi connectivity index (χ3v) is 7.00. The molecule has 0 spiro atoms. The lowest BCUT2D eigenvalue weighted by atomic mass is 9.97. The summed E-state index contributed by atoms with van der Waals surface area (Å²) in [6.07, 6.45) is -3.14. The Morgan fingerprint density at radius 3 is 2.33 bits per heavy atom. The molecule has 1 saturated heterocycles. The number of nitrogens with zero attached hydrogens (tertiary/aromatic N) is 3. The summed E-state index contributed by atoms with van der Waals surface area (Å²) in [5.74, 6) is -4.49. The summed E-state index contributed by atoms with van der Waals surface area (Å²) >= 11 is 3.91. The number of hydrogen-bond donors (Lipinski definition) is 3. The molecule has 3 N–H and O–H groups in total. The van der Waals surface area contributed by atoms with Gasteiger partial charge in [0.05, 0.1) is 12.8 Å². The van der Waals surface area contributed by atoms with E-state index in [4.69, 9.17) is 16.3 Å². The van der Waals surface area contributed by atoms with E-state index in [-0.39, 0.29) is 16.2 Å². The zero-order valence-corrected chi connectivity index (χ0v) is 18.1. The van der Waals surface area contributed by atoms with Crippen LogP contribution in [-0.4, -0.2) is 65.2 Å². The minimum atomic E-state index is -1.93. The van der Waals surface area contributed by atoms with Crippen LogP contribution in [0.15, 0.2) is 47.5 Å². The summed E-state index contributed by atoms with van der Waals surface area (Å²) in [5, 5.41) is 39.2. The number of benzene rings is 2. The molecule has 0 saturated carbocycles. The van der Waals surface area contributed by atoms with Crippen molar-refractivity contribution in [1.82, 2.24) is 15.0 Å². The van der Waals surface area contributed by atoms with Gasteiger partial charge < -0.3 is 24.6 Å². The summed E-state index contributed by atoms with van der Waals surface area (Å²) in [7, 11) is 0. The Hall–Kier alpha value is -2.19. The maximum atomic E-state index is 13.6. The number of rotatable bonds is 5. The van der Waals surface area contributed by atoms with Crippen molar-refractivity contribution in [2.75, 3.05) is 6.61 Å². The van der Waals surface area contributed by atoms with E-state index in [0.29, 0.717) is 5.02 Å². The molecule has 3 aromatic rings. The van der Waals surface area contributed by atoms with Crippen molar-refractivity contribution in [2.24, 2.45) is 0 Å². The van der Waals surface area contributed by atoms with Gasteiger partial charge in [0.15, 0.2) is 28.5 Å². The molecule has 1 aromatic heterocycles. The molecule has 2 aromatic carbocycles. The summed E-state index contributed by atoms with van der Waals surface area (Å²) in [4.78, 5) is 0.284. The topological polar surface area (TPSA) is 124 Å². The highest BCUT2D eigenvalue weighted by Gasteiger charge is 2.51. The first-order chi connectivity index (χ1) is 15.7.